The van der Waals surface area contributed by atoms with Crippen molar-refractivity contribution in [2.75, 3.05) is 24.4 Å². The molecule has 0 saturated heterocycles. The van der Waals surface area contributed by atoms with Crippen molar-refractivity contribution in [3.8, 4) is 0 Å². The molecule has 1 aliphatic heterocycles. The van der Waals surface area contributed by atoms with E-state index in [2.05, 4.69) is 18.2 Å². The highest BCUT2D eigenvalue weighted by Crippen LogP contribution is 2.24. The number of anilines is 1. The van der Waals surface area contributed by atoms with Crippen molar-refractivity contribution in [3.63, 3.8) is 0 Å². The maximum atomic E-state index is 12.9. The fourth-order valence-electron chi connectivity index (χ4n) is 3.65. The smallest absolute Gasteiger partial charge is 0.264 e. The van der Waals surface area contributed by atoms with Crippen LogP contribution in [-0.4, -0.2) is 39.4 Å². The maximum absolute atomic E-state index is 12.9. The van der Waals surface area contributed by atoms with Gasteiger partial charge in [-0.3, -0.25) is 9.10 Å². The van der Waals surface area contributed by atoms with Gasteiger partial charge in [-0.1, -0.05) is 54.6 Å². The second kappa shape index (κ2) is 8.78. The molecule has 1 heterocycles. The maximum Gasteiger partial charge on any atom is 0.264 e. The standard InChI is InChI=1S/C25H24N2O3S/c1-26(23-10-6-3-7-11-23)31(29,30)24-14-12-22(13-15-24)25(28)27-18-16-21(17-19-27)20-8-4-2-5-9-20/h2-16H,17-19H2,1H3. The van der Waals surface area contributed by atoms with Crippen molar-refractivity contribution in [1.29, 1.82) is 0 Å². The van der Waals surface area contributed by atoms with Crippen LogP contribution in [0.1, 0.15) is 22.3 Å². The third-order valence-corrected chi connectivity index (χ3v) is 7.32. The average molecular weight is 433 g/mol. The van der Waals surface area contributed by atoms with Crippen LogP contribution in [0.4, 0.5) is 5.69 Å². The molecule has 0 spiro atoms. The first-order valence-corrected chi connectivity index (χ1v) is 11.6. The highest BCUT2D eigenvalue weighted by Gasteiger charge is 2.23. The van der Waals surface area contributed by atoms with Gasteiger partial charge < -0.3 is 4.90 Å². The summed E-state index contributed by atoms with van der Waals surface area (Å²) in [5.74, 6) is -0.0938. The van der Waals surface area contributed by atoms with Crippen LogP contribution >= 0.6 is 0 Å². The van der Waals surface area contributed by atoms with Crippen LogP contribution in [0.15, 0.2) is 95.9 Å². The number of para-hydroxylation sites is 1. The van der Waals surface area contributed by atoms with E-state index in [9.17, 15) is 13.2 Å². The summed E-state index contributed by atoms with van der Waals surface area (Å²) in [7, 11) is -2.18. The van der Waals surface area contributed by atoms with E-state index in [1.54, 1.807) is 41.3 Å². The molecular formula is C25H24N2O3S. The first-order chi connectivity index (χ1) is 15.0. The summed E-state index contributed by atoms with van der Waals surface area (Å²) >= 11 is 0. The molecule has 0 saturated carbocycles. The average Bonchev–Trinajstić information content (AvgIpc) is 2.84. The van der Waals surface area contributed by atoms with Crippen LogP contribution in [0.3, 0.4) is 0 Å². The summed E-state index contributed by atoms with van der Waals surface area (Å²) in [5.41, 5.74) is 3.50. The summed E-state index contributed by atoms with van der Waals surface area (Å²) in [6, 6.07) is 25.2. The molecule has 0 radical (unpaired) electrons. The molecule has 3 aromatic carbocycles. The zero-order valence-electron chi connectivity index (χ0n) is 17.3. The number of hydrogen-bond donors (Lipinski definition) is 0. The zero-order chi connectivity index (χ0) is 21.8. The Labute approximate surface area is 183 Å². The lowest BCUT2D eigenvalue weighted by Gasteiger charge is -2.27. The highest BCUT2D eigenvalue weighted by atomic mass is 32.2. The van der Waals surface area contributed by atoms with Gasteiger partial charge >= 0.3 is 0 Å². The van der Waals surface area contributed by atoms with E-state index in [-0.39, 0.29) is 10.8 Å². The summed E-state index contributed by atoms with van der Waals surface area (Å²) < 4.78 is 27.1. The topological polar surface area (TPSA) is 57.7 Å². The second-order valence-corrected chi connectivity index (χ2v) is 9.40. The van der Waals surface area contributed by atoms with E-state index >= 15 is 0 Å². The Balaban J connectivity index is 1.47. The number of rotatable bonds is 5. The molecule has 158 valence electrons. The third kappa shape index (κ3) is 4.39. The quantitative estimate of drug-likeness (QED) is 0.599. The molecule has 0 fully saturated rings. The first-order valence-electron chi connectivity index (χ1n) is 10.1. The van der Waals surface area contributed by atoms with Crippen LogP contribution in [0.5, 0.6) is 0 Å². The monoisotopic (exact) mass is 432 g/mol. The Morgan fingerprint density at radius 3 is 2.06 bits per heavy atom. The first kappa shape index (κ1) is 20.9. The van der Waals surface area contributed by atoms with Gasteiger partial charge in [-0.15, -0.1) is 0 Å². The number of carbonyl (C=O) groups is 1. The van der Waals surface area contributed by atoms with E-state index in [1.165, 1.54) is 34.6 Å². The van der Waals surface area contributed by atoms with Gasteiger partial charge in [0, 0.05) is 25.7 Å². The van der Waals surface area contributed by atoms with Gasteiger partial charge in [0.1, 0.15) is 0 Å². The summed E-state index contributed by atoms with van der Waals surface area (Å²) in [6.45, 7) is 1.18. The molecule has 0 aliphatic carbocycles. The number of carbonyl (C=O) groups excluding carboxylic acids is 1. The lowest BCUT2D eigenvalue weighted by atomic mass is 9.99. The Morgan fingerprint density at radius 2 is 1.48 bits per heavy atom. The molecule has 0 N–H and O–H groups in total. The van der Waals surface area contributed by atoms with Crippen molar-refractivity contribution in [1.82, 2.24) is 4.90 Å². The fourth-order valence-corrected chi connectivity index (χ4v) is 4.85. The second-order valence-electron chi connectivity index (χ2n) is 7.43. The van der Waals surface area contributed by atoms with Gasteiger partial charge in [-0.25, -0.2) is 8.42 Å². The third-order valence-electron chi connectivity index (χ3n) is 5.52. The SMILES string of the molecule is CN(c1ccccc1)S(=O)(=O)c1ccc(C(=O)N2CC=C(c3ccccc3)CC2)cc1. The zero-order valence-corrected chi connectivity index (χ0v) is 18.1. The molecule has 0 bridgehead atoms. The highest BCUT2D eigenvalue weighted by molar-refractivity contribution is 7.92. The molecule has 4 rings (SSSR count). The number of amides is 1. The molecule has 3 aromatic rings. The van der Waals surface area contributed by atoms with E-state index in [4.69, 9.17) is 0 Å². The van der Waals surface area contributed by atoms with Crippen molar-refractivity contribution in [2.45, 2.75) is 11.3 Å². The molecule has 0 unspecified atom stereocenters. The van der Waals surface area contributed by atoms with E-state index < -0.39 is 10.0 Å². The van der Waals surface area contributed by atoms with E-state index in [1.807, 2.05) is 24.3 Å². The van der Waals surface area contributed by atoms with Gasteiger partial charge in [0.15, 0.2) is 0 Å². The summed E-state index contributed by atoms with van der Waals surface area (Å²) in [4.78, 5) is 14.8. The number of hydrogen-bond acceptors (Lipinski definition) is 3. The predicted octanol–water partition coefficient (Wildman–Crippen LogP) is 4.44. The summed E-state index contributed by atoms with van der Waals surface area (Å²) in [6.07, 6.45) is 2.88. The largest absolute Gasteiger partial charge is 0.335 e. The molecule has 31 heavy (non-hydrogen) atoms. The molecule has 1 amide bonds. The Hall–Kier alpha value is -3.38. The van der Waals surface area contributed by atoms with Crippen molar-refractivity contribution < 1.29 is 13.2 Å². The molecule has 5 nitrogen and oxygen atoms in total. The number of nitrogens with zero attached hydrogens (tertiary/aromatic N) is 2. The van der Waals surface area contributed by atoms with E-state index in [0.717, 1.165) is 6.42 Å². The van der Waals surface area contributed by atoms with Gasteiger partial charge in [0.25, 0.3) is 15.9 Å². The van der Waals surface area contributed by atoms with Gasteiger partial charge in [0.2, 0.25) is 0 Å². The van der Waals surface area contributed by atoms with Crippen molar-refractivity contribution >= 4 is 27.2 Å². The van der Waals surface area contributed by atoms with Crippen molar-refractivity contribution in [2.24, 2.45) is 0 Å². The number of benzene rings is 3. The normalized spacial score (nSPS) is 14.1. The van der Waals surface area contributed by atoms with Crippen molar-refractivity contribution in [3.05, 3.63) is 102 Å². The minimum atomic E-state index is -3.70. The Bertz CT molecular complexity index is 1190. The lowest BCUT2D eigenvalue weighted by molar-refractivity contribution is 0.0773. The minimum absolute atomic E-state index is 0.0938. The number of sulfonamides is 1. The van der Waals surface area contributed by atoms with Gasteiger partial charge in [-0.2, -0.15) is 0 Å². The molecule has 0 atom stereocenters. The minimum Gasteiger partial charge on any atom is -0.335 e. The van der Waals surface area contributed by atoms with Gasteiger partial charge in [-0.05, 0) is 54.0 Å². The van der Waals surface area contributed by atoms with Crippen LogP contribution in [0, 0.1) is 0 Å². The van der Waals surface area contributed by atoms with Crippen LogP contribution in [-0.2, 0) is 10.0 Å². The molecule has 0 aromatic heterocycles. The molecular weight excluding hydrogens is 408 g/mol. The predicted molar refractivity (Wildman–Crippen MR) is 123 cm³/mol. The van der Waals surface area contributed by atoms with Crippen LogP contribution in [0.2, 0.25) is 0 Å². The van der Waals surface area contributed by atoms with Gasteiger partial charge in [0.05, 0.1) is 10.6 Å². The lowest BCUT2D eigenvalue weighted by Crippen LogP contribution is -2.34. The molecule has 1 aliphatic rings. The summed E-state index contributed by atoms with van der Waals surface area (Å²) in [5, 5.41) is 0. The van der Waals surface area contributed by atoms with Crippen LogP contribution in [0.25, 0.3) is 5.57 Å². The fraction of sp³-hybridized carbons (Fsp3) is 0.160. The molecule has 6 heteroatoms. The Kier molecular flexibility index (Phi) is 5.91. The van der Waals surface area contributed by atoms with Crippen LogP contribution < -0.4 is 4.31 Å². The Morgan fingerprint density at radius 1 is 0.871 bits per heavy atom. The van der Waals surface area contributed by atoms with E-state index in [0.29, 0.717) is 24.3 Å².